The summed E-state index contributed by atoms with van der Waals surface area (Å²) >= 11 is 0. The van der Waals surface area contributed by atoms with Crippen LogP contribution in [0.25, 0.3) is 0 Å². The third kappa shape index (κ3) is 5.31. The highest BCUT2D eigenvalue weighted by Crippen LogP contribution is 2.34. The van der Waals surface area contributed by atoms with E-state index >= 15 is 0 Å². The number of hydrogen-bond acceptors (Lipinski definition) is 4. The Hall–Kier alpha value is -1.39. The van der Waals surface area contributed by atoms with Gasteiger partial charge in [-0.05, 0) is 43.6 Å². The first kappa shape index (κ1) is 19.4. The van der Waals surface area contributed by atoms with Crippen LogP contribution in [0, 0.1) is 12.3 Å². The summed E-state index contributed by atoms with van der Waals surface area (Å²) in [6, 6.07) is 10.2. The summed E-state index contributed by atoms with van der Waals surface area (Å²) in [4.78, 5) is 0. The van der Waals surface area contributed by atoms with Crippen molar-refractivity contribution >= 4 is 10.0 Å². The number of hydrogen-bond donors (Lipinski definition) is 2. The number of rotatable bonds is 6. The van der Waals surface area contributed by atoms with Crippen LogP contribution >= 0.6 is 0 Å². The molecule has 26 heavy (non-hydrogen) atoms. The minimum atomic E-state index is -3.27. The maximum atomic E-state index is 11.6. The Bertz CT molecular complexity index is 721. The minimum absolute atomic E-state index is 0.0855. The van der Waals surface area contributed by atoms with E-state index in [1.54, 1.807) is 0 Å². The molecule has 2 N–H and O–H groups in total. The molecule has 0 spiro atoms. The van der Waals surface area contributed by atoms with Crippen molar-refractivity contribution in [3.05, 3.63) is 35.9 Å². The summed E-state index contributed by atoms with van der Waals surface area (Å²) < 4.78 is 32.0. The summed E-state index contributed by atoms with van der Waals surface area (Å²) in [6.45, 7) is 0.478. The Balaban J connectivity index is 1.48. The van der Waals surface area contributed by atoms with Crippen LogP contribution in [-0.2, 0) is 14.8 Å². The zero-order chi connectivity index (χ0) is 18.6. The highest BCUT2D eigenvalue weighted by atomic mass is 32.2. The molecule has 0 amide bonds. The largest absolute Gasteiger partial charge is 0.377 e. The molecular weight excluding hydrogens is 348 g/mol. The molecule has 1 saturated carbocycles. The van der Waals surface area contributed by atoms with Crippen molar-refractivity contribution in [3.8, 4) is 12.3 Å². The summed E-state index contributed by atoms with van der Waals surface area (Å²) in [6.07, 6.45) is 11.8. The van der Waals surface area contributed by atoms with E-state index in [4.69, 9.17) is 11.2 Å². The molecular formula is C20H28N2O3S. The van der Waals surface area contributed by atoms with Crippen LogP contribution in [0.2, 0.25) is 0 Å². The first-order valence-electron chi connectivity index (χ1n) is 9.30. The van der Waals surface area contributed by atoms with Crippen LogP contribution in [0.4, 0.5) is 0 Å². The molecule has 2 aliphatic rings. The van der Waals surface area contributed by atoms with E-state index in [1.807, 2.05) is 0 Å². The van der Waals surface area contributed by atoms with E-state index in [2.05, 4.69) is 46.3 Å². The predicted molar refractivity (Wildman–Crippen MR) is 103 cm³/mol. The van der Waals surface area contributed by atoms with Gasteiger partial charge in [0.15, 0.2) is 0 Å². The van der Waals surface area contributed by atoms with Gasteiger partial charge in [-0.25, -0.2) is 13.1 Å². The summed E-state index contributed by atoms with van der Waals surface area (Å²) in [7, 11) is -3.27. The van der Waals surface area contributed by atoms with Crippen molar-refractivity contribution < 1.29 is 13.2 Å². The lowest BCUT2D eigenvalue weighted by Gasteiger charge is -2.30. The predicted octanol–water partition coefficient (Wildman–Crippen LogP) is 2.01. The van der Waals surface area contributed by atoms with Crippen molar-refractivity contribution in [2.75, 3.05) is 12.9 Å². The number of ether oxygens (including phenoxy) is 1. The zero-order valence-electron chi connectivity index (χ0n) is 15.2. The highest BCUT2D eigenvalue weighted by Gasteiger charge is 2.35. The second-order valence-electron chi connectivity index (χ2n) is 7.44. The lowest BCUT2D eigenvalue weighted by molar-refractivity contribution is 0.0124. The fourth-order valence-corrected chi connectivity index (χ4v) is 4.88. The Morgan fingerprint density at radius 2 is 1.92 bits per heavy atom. The van der Waals surface area contributed by atoms with Crippen LogP contribution < -0.4 is 10.0 Å². The summed E-state index contributed by atoms with van der Waals surface area (Å²) in [5, 5.41) is 3.30. The van der Waals surface area contributed by atoms with Gasteiger partial charge in [0, 0.05) is 12.1 Å². The van der Waals surface area contributed by atoms with E-state index in [0.717, 1.165) is 25.7 Å². The van der Waals surface area contributed by atoms with Gasteiger partial charge >= 0.3 is 0 Å². The van der Waals surface area contributed by atoms with E-state index < -0.39 is 10.0 Å². The van der Waals surface area contributed by atoms with Gasteiger partial charge in [-0.15, -0.1) is 6.42 Å². The number of nitrogens with one attached hydrogen (secondary N) is 2. The molecule has 3 atom stereocenters. The van der Waals surface area contributed by atoms with Crippen LogP contribution in [0.3, 0.4) is 0 Å². The number of benzene rings is 1. The molecule has 0 radical (unpaired) electrons. The fourth-order valence-electron chi connectivity index (χ4n) is 4.07. The summed E-state index contributed by atoms with van der Waals surface area (Å²) in [5.41, 5.74) is 1.41. The quantitative estimate of drug-likeness (QED) is 0.746. The van der Waals surface area contributed by atoms with Gasteiger partial charge in [0.2, 0.25) is 10.0 Å². The van der Waals surface area contributed by atoms with E-state index in [1.165, 1.54) is 11.8 Å². The Morgan fingerprint density at radius 3 is 2.54 bits per heavy atom. The first-order chi connectivity index (χ1) is 12.4. The fraction of sp³-hybridized carbons (Fsp3) is 0.600. The average molecular weight is 377 g/mol. The van der Waals surface area contributed by atoms with E-state index in [0.29, 0.717) is 18.9 Å². The maximum Gasteiger partial charge on any atom is 0.209 e. The standard InChI is InChI=1S/C20H28N2O3S/c1-3-17-13-19(22-26(2,23)24)20(21-17)14-25-18-11-9-16(10-12-18)15-7-5-4-6-8-15/h1,4-8,16-22H,9-14H2,2H3/t16?,17?,18?,19-,20-/m0/s1. The molecule has 0 aromatic heterocycles. The zero-order valence-corrected chi connectivity index (χ0v) is 16.0. The molecule has 5 nitrogen and oxygen atoms in total. The van der Waals surface area contributed by atoms with Gasteiger partial charge in [-0.3, -0.25) is 5.32 Å². The molecule has 3 rings (SSSR count). The van der Waals surface area contributed by atoms with Crippen LogP contribution in [-0.4, -0.2) is 45.5 Å². The van der Waals surface area contributed by atoms with Crippen molar-refractivity contribution in [1.29, 1.82) is 0 Å². The molecule has 1 unspecified atom stereocenters. The first-order valence-corrected chi connectivity index (χ1v) is 11.2. The van der Waals surface area contributed by atoms with Crippen LogP contribution in [0.5, 0.6) is 0 Å². The maximum absolute atomic E-state index is 11.6. The normalized spacial score (nSPS) is 32.2. The third-order valence-electron chi connectivity index (χ3n) is 5.41. The molecule has 1 aromatic rings. The van der Waals surface area contributed by atoms with Gasteiger partial charge in [-0.2, -0.15) is 0 Å². The van der Waals surface area contributed by atoms with Gasteiger partial charge in [0.05, 0.1) is 25.0 Å². The van der Waals surface area contributed by atoms with Crippen molar-refractivity contribution in [3.63, 3.8) is 0 Å². The molecule has 1 heterocycles. The van der Waals surface area contributed by atoms with E-state index in [-0.39, 0.29) is 24.2 Å². The Kier molecular flexibility index (Phi) is 6.36. The van der Waals surface area contributed by atoms with Crippen molar-refractivity contribution in [1.82, 2.24) is 10.0 Å². The lowest BCUT2D eigenvalue weighted by Crippen LogP contribution is -2.46. The SMILES string of the molecule is C#CC1C[C@H](NS(C)(=O)=O)[C@H](COC2CCC(c3ccccc3)CC2)N1. The second-order valence-corrected chi connectivity index (χ2v) is 9.22. The highest BCUT2D eigenvalue weighted by molar-refractivity contribution is 7.88. The molecule has 1 aliphatic heterocycles. The van der Waals surface area contributed by atoms with Crippen LogP contribution in [0.1, 0.15) is 43.6 Å². The number of terminal acetylenes is 1. The van der Waals surface area contributed by atoms with Crippen molar-refractivity contribution in [2.45, 2.75) is 62.3 Å². The van der Waals surface area contributed by atoms with E-state index in [9.17, 15) is 8.42 Å². The third-order valence-corrected chi connectivity index (χ3v) is 6.14. The topological polar surface area (TPSA) is 67.4 Å². The van der Waals surface area contributed by atoms with Gasteiger partial charge < -0.3 is 4.74 Å². The van der Waals surface area contributed by atoms with Crippen molar-refractivity contribution in [2.24, 2.45) is 0 Å². The van der Waals surface area contributed by atoms with Gasteiger partial charge in [0.25, 0.3) is 0 Å². The molecule has 1 saturated heterocycles. The molecule has 0 bridgehead atoms. The number of sulfonamides is 1. The second kappa shape index (κ2) is 8.53. The molecule has 1 aromatic carbocycles. The minimum Gasteiger partial charge on any atom is -0.377 e. The lowest BCUT2D eigenvalue weighted by atomic mass is 9.83. The molecule has 2 fully saturated rings. The molecule has 1 aliphatic carbocycles. The smallest absolute Gasteiger partial charge is 0.209 e. The Morgan fingerprint density at radius 1 is 1.23 bits per heavy atom. The average Bonchev–Trinajstić information content (AvgIpc) is 3.01. The Labute approximate surface area is 157 Å². The van der Waals surface area contributed by atoms with Crippen LogP contribution in [0.15, 0.2) is 30.3 Å². The summed E-state index contributed by atoms with van der Waals surface area (Å²) in [5.74, 6) is 3.29. The van der Waals surface area contributed by atoms with Gasteiger partial charge in [0.1, 0.15) is 0 Å². The molecule has 142 valence electrons. The van der Waals surface area contributed by atoms with Gasteiger partial charge in [-0.1, -0.05) is 36.3 Å². The molecule has 6 heteroatoms. The monoisotopic (exact) mass is 376 g/mol.